The van der Waals surface area contributed by atoms with Gasteiger partial charge in [-0.3, -0.25) is 14.4 Å². The zero-order chi connectivity index (χ0) is 17.1. The van der Waals surface area contributed by atoms with Crippen molar-refractivity contribution in [1.29, 1.82) is 0 Å². The number of para-hydroxylation sites is 1. The molecule has 3 N–H and O–H groups in total. The highest BCUT2D eigenvalue weighted by Crippen LogP contribution is 2.07. The van der Waals surface area contributed by atoms with Gasteiger partial charge in [-0.25, -0.2) is 0 Å². The first-order chi connectivity index (χ1) is 11.0. The summed E-state index contributed by atoms with van der Waals surface area (Å²) in [7, 11) is 0. The van der Waals surface area contributed by atoms with E-state index >= 15 is 0 Å². The first-order valence-corrected chi connectivity index (χ1v) is 7.54. The van der Waals surface area contributed by atoms with Gasteiger partial charge in [0.1, 0.15) is 11.8 Å². The highest BCUT2D eigenvalue weighted by atomic mass is 16.5. The third-order valence-electron chi connectivity index (χ3n) is 2.88. The summed E-state index contributed by atoms with van der Waals surface area (Å²) in [5.41, 5.74) is 0. The predicted molar refractivity (Wildman–Crippen MR) is 85.9 cm³/mol. The maximum Gasteiger partial charge on any atom is 0.258 e. The fourth-order valence-electron chi connectivity index (χ4n) is 1.65. The average molecular weight is 321 g/mol. The number of carbonyl (C=O) groups is 3. The van der Waals surface area contributed by atoms with Crippen LogP contribution in [0.5, 0.6) is 5.75 Å². The first-order valence-electron chi connectivity index (χ1n) is 7.54. The smallest absolute Gasteiger partial charge is 0.258 e. The van der Waals surface area contributed by atoms with Gasteiger partial charge < -0.3 is 20.7 Å². The molecule has 7 heteroatoms. The van der Waals surface area contributed by atoms with E-state index in [-0.39, 0.29) is 19.1 Å². The molecule has 1 aromatic carbocycles. The molecule has 1 aromatic rings. The van der Waals surface area contributed by atoms with Crippen LogP contribution in [0, 0.1) is 0 Å². The minimum Gasteiger partial charge on any atom is -0.484 e. The van der Waals surface area contributed by atoms with Gasteiger partial charge in [0, 0.05) is 6.54 Å². The fourth-order valence-corrected chi connectivity index (χ4v) is 1.65. The molecule has 0 radical (unpaired) electrons. The molecule has 0 fully saturated rings. The summed E-state index contributed by atoms with van der Waals surface area (Å²) in [6.45, 7) is 3.71. The van der Waals surface area contributed by atoms with Gasteiger partial charge in [0.25, 0.3) is 5.91 Å². The van der Waals surface area contributed by atoms with Crippen molar-refractivity contribution >= 4 is 17.7 Å². The average Bonchev–Trinajstić information content (AvgIpc) is 2.56. The van der Waals surface area contributed by atoms with Gasteiger partial charge in [-0.05, 0) is 25.5 Å². The van der Waals surface area contributed by atoms with Crippen molar-refractivity contribution in [3.8, 4) is 5.75 Å². The molecule has 0 aliphatic rings. The lowest BCUT2D eigenvalue weighted by Crippen LogP contribution is -2.48. The highest BCUT2D eigenvalue weighted by Gasteiger charge is 2.15. The lowest BCUT2D eigenvalue weighted by atomic mass is 10.3. The molecule has 0 aromatic heterocycles. The molecule has 0 aliphatic heterocycles. The van der Waals surface area contributed by atoms with Crippen molar-refractivity contribution in [3.63, 3.8) is 0 Å². The fraction of sp³-hybridized carbons (Fsp3) is 0.438. The predicted octanol–water partition coefficient (Wildman–Crippen LogP) is 0.213. The summed E-state index contributed by atoms with van der Waals surface area (Å²) in [6.07, 6.45) is 0.823. The molecule has 0 heterocycles. The van der Waals surface area contributed by atoms with Crippen LogP contribution in [0.3, 0.4) is 0 Å². The van der Waals surface area contributed by atoms with Gasteiger partial charge in [-0.2, -0.15) is 0 Å². The number of hydrogen-bond donors (Lipinski definition) is 3. The summed E-state index contributed by atoms with van der Waals surface area (Å²) in [4.78, 5) is 34.9. The maximum atomic E-state index is 11.7. The number of hydrogen-bond acceptors (Lipinski definition) is 4. The van der Waals surface area contributed by atoms with Crippen LogP contribution in [0.1, 0.15) is 20.3 Å². The second-order valence-electron chi connectivity index (χ2n) is 4.96. The van der Waals surface area contributed by atoms with E-state index in [0.717, 1.165) is 6.42 Å². The Bertz CT molecular complexity index is 519. The number of carbonyl (C=O) groups excluding carboxylic acids is 3. The molecule has 1 unspecified atom stereocenters. The molecule has 126 valence electrons. The number of amides is 3. The molecular formula is C16H23N3O4. The van der Waals surface area contributed by atoms with E-state index in [1.54, 1.807) is 31.2 Å². The minimum atomic E-state index is -0.647. The van der Waals surface area contributed by atoms with Crippen molar-refractivity contribution in [2.45, 2.75) is 26.3 Å². The summed E-state index contributed by atoms with van der Waals surface area (Å²) in [5.74, 6) is -0.517. The van der Waals surface area contributed by atoms with Crippen LogP contribution >= 0.6 is 0 Å². The van der Waals surface area contributed by atoms with Crippen molar-refractivity contribution < 1.29 is 19.1 Å². The lowest BCUT2D eigenvalue weighted by molar-refractivity contribution is -0.129. The van der Waals surface area contributed by atoms with Gasteiger partial charge >= 0.3 is 0 Å². The first kappa shape index (κ1) is 18.5. The summed E-state index contributed by atoms with van der Waals surface area (Å²) in [6, 6.07) is 8.26. The quantitative estimate of drug-likeness (QED) is 0.606. The molecule has 23 heavy (non-hydrogen) atoms. The van der Waals surface area contributed by atoms with Crippen LogP contribution in [0.15, 0.2) is 30.3 Å². The molecule has 0 spiro atoms. The van der Waals surface area contributed by atoms with Crippen molar-refractivity contribution in [2.24, 2.45) is 0 Å². The minimum absolute atomic E-state index is 0.177. The van der Waals surface area contributed by atoms with E-state index in [9.17, 15) is 14.4 Å². The third-order valence-corrected chi connectivity index (χ3v) is 2.88. The van der Waals surface area contributed by atoms with Crippen molar-refractivity contribution in [1.82, 2.24) is 16.0 Å². The standard InChI is InChI=1S/C16H23N3O4/c1-3-9-17-16(22)12(2)19-14(20)10-18-15(21)11-23-13-7-5-4-6-8-13/h4-8,12H,3,9-11H2,1-2H3,(H,17,22)(H,18,21)(H,19,20). The molecule has 7 nitrogen and oxygen atoms in total. The number of rotatable bonds is 9. The Morgan fingerprint density at radius 2 is 1.78 bits per heavy atom. The van der Waals surface area contributed by atoms with Crippen molar-refractivity contribution in [2.75, 3.05) is 19.7 Å². The summed E-state index contributed by atoms with van der Waals surface area (Å²) >= 11 is 0. The maximum absolute atomic E-state index is 11.7. The van der Waals surface area contributed by atoms with Gasteiger partial charge in [-0.1, -0.05) is 25.1 Å². The largest absolute Gasteiger partial charge is 0.484 e. The van der Waals surface area contributed by atoms with Crippen LogP contribution in [-0.4, -0.2) is 43.5 Å². The van der Waals surface area contributed by atoms with E-state index < -0.39 is 17.9 Å². The van der Waals surface area contributed by atoms with Gasteiger partial charge in [0.05, 0.1) is 6.54 Å². The van der Waals surface area contributed by atoms with E-state index in [2.05, 4.69) is 16.0 Å². The Labute approximate surface area is 135 Å². The van der Waals surface area contributed by atoms with E-state index in [1.807, 2.05) is 13.0 Å². The van der Waals surface area contributed by atoms with Gasteiger partial charge in [-0.15, -0.1) is 0 Å². The number of nitrogens with one attached hydrogen (secondary N) is 3. The lowest BCUT2D eigenvalue weighted by Gasteiger charge is -2.14. The SMILES string of the molecule is CCCNC(=O)C(C)NC(=O)CNC(=O)COc1ccccc1. The molecule has 0 aliphatic carbocycles. The summed E-state index contributed by atoms with van der Waals surface area (Å²) < 4.78 is 5.26. The Kier molecular flexibility index (Phi) is 8.20. The van der Waals surface area contributed by atoms with Crippen LogP contribution in [0.4, 0.5) is 0 Å². The molecular weight excluding hydrogens is 298 g/mol. The van der Waals surface area contributed by atoms with Crippen molar-refractivity contribution in [3.05, 3.63) is 30.3 Å². The van der Waals surface area contributed by atoms with E-state index in [4.69, 9.17) is 4.74 Å². The zero-order valence-corrected chi connectivity index (χ0v) is 13.4. The van der Waals surface area contributed by atoms with Crippen LogP contribution in [0.25, 0.3) is 0 Å². The van der Waals surface area contributed by atoms with Gasteiger partial charge in [0.2, 0.25) is 11.8 Å². The molecule has 3 amide bonds. The summed E-state index contributed by atoms with van der Waals surface area (Å²) in [5, 5.41) is 7.62. The Hall–Kier alpha value is -2.57. The molecule has 1 rings (SSSR count). The normalized spacial score (nSPS) is 11.2. The number of ether oxygens (including phenoxy) is 1. The van der Waals surface area contributed by atoms with Crippen LogP contribution in [-0.2, 0) is 14.4 Å². The highest BCUT2D eigenvalue weighted by molar-refractivity contribution is 5.90. The van der Waals surface area contributed by atoms with Crippen LogP contribution < -0.4 is 20.7 Å². The molecule has 0 saturated carbocycles. The number of benzene rings is 1. The van der Waals surface area contributed by atoms with Crippen LogP contribution in [0.2, 0.25) is 0 Å². The third kappa shape index (κ3) is 7.85. The second-order valence-corrected chi connectivity index (χ2v) is 4.96. The molecule has 0 saturated heterocycles. The zero-order valence-electron chi connectivity index (χ0n) is 13.4. The van der Waals surface area contributed by atoms with E-state index in [1.165, 1.54) is 0 Å². The Morgan fingerprint density at radius 3 is 2.43 bits per heavy atom. The Morgan fingerprint density at radius 1 is 1.09 bits per heavy atom. The van der Waals surface area contributed by atoms with Gasteiger partial charge in [0.15, 0.2) is 6.61 Å². The van der Waals surface area contributed by atoms with E-state index in [0.29, 0.717) is 12.3 Å². The Balaban J connectivity index is 2.22. The second kappa shape index (κ2) is 10.2. The topological polar surface area (TPSA) is 96.5 Å². The monoisotopic (exact) mass is 321 g/mol. The molecule has 1 atom stereocenters. The molecule has 0 bridgehead atoms.